The van der Waals surface area contributed by atoms with Crippen LogP contribution in [0.3, 0.4) is 0 Å². The fourth-order valence-corrected chi connectivity index (χ4v) is 3.91. The maximum absolute atomic E-state index is 13.8. The van der Waals surface area contributed by atoms with Crippen molar-refractivity contribution in [3.05, 3.63) is 102 Å². The number of carbonyl (C=O) groups excluding carboxylic acids is 1. The maximum atomic E-state index is 13.8. The fraction of sp³-hybridized carbons (Fsp3) is 0.111. The van der Waals surface area contributed by atoms with Gasteiger partial charge in [-0.15, -0.1) is 0 Å². The van der Waals surface area contributed by atoms with Crippen LogP contribution in [0.5, 0.6) is 17.4 Å². The molecule has 0 unspecified atom stereocenters. The summed E-state index contributed by atoms with van der Waals surface area (Å²) in [4.78, 5) is 19.9. The van der Waals surface area contributed by atoms with Crippen LogP contribution >= 0.6 is 0 Å². The molecule has 0 fully saturated rings. The number of ether oxygens (including phenoxy) is 3. The number of rotatable bonds is 6. The zero-order valence-electron chi connectivity index (χ0n) is 18.1. The van der Waals surface area contributed by atoms with E-state index in [2.05, 4.69) is 23.2 Å². The van der Waals surface area contributed by atoms with Gasteiger partial charge in [-0.25, -0.2) is 4.98 Å². The van der Waals surface area contributed by atoms with E-state index in [0.29, 0.717) is 35.2 Å². The zero-order chi connectivity index (χ0) is 22.6. The van der Waals surface area contributed by atoms with Gasteiger partial charge in [-0.05, 0) is 34.9 Å². The first-order valence-electron chi connectivity index (χ1n) is 10.6. The van der Waals surface area contributed by atoms with Crippen LogP contribution in [0.4, 0.5) is 5.69 Å². The van der Waals surface area contributed by atoms with Crippen molar-refractivity contribution in [3.63, 3.8) is 0 Å². The van der Waals surface area contributed by atoms with E-state index in [1.54, 1.807) is 42.5 Å². The standard InChI is InChI=1S/C27H22N2O4/c1-31-25-15-14-21(16-28-25)29(27(30)23-12-7-13-24-26(23)33-18-32-24)17-20-10-5-6-11-22(20)19-8-3-2-4-9-19/h2-16H,17-18H2,1H3. The summed E-state index contributed by atoms with van der Waals surface area (Å²) in [5.74, 6) is 1.31. The number of para-hydroxylation sites is 1. The number of hydrogen-bond donors (Lipinski definition) is 0. The van der Waals surface area contributed by atoms with E-state index in [1.165, 1.54) is 0 Å². The van der Waals surface area contributed by atoms with Gasteiger partial charge in [0, 0.05) is 6.07 Å². The van der Waals surface area contributed by atoms with Crippen LogP contribution < -0.4 is 19.1 Å². The van der Waals surface area contributed by atoms with Crippen molar-refractivity contribution in [2.24, 2.45) is 0 Å². The Morgan fingerprint density at radius 1 is 0.939 bits per heavy atom. The monoisotopic (exact) mass is 438 g/mol. The van der Waals surface area contributed by atoms with Crippen LogP contribution in [0.1, 0.15) is 15.9 Å². The van der Waals surface area contributed by atoms with Crippen molar-refractivity contribution in [3.8, 4) is 28.5 Å². The van der Waals surface area contributed by atoms with Gasteiger partial charge in [-0.2, -0.15) is 0 Å². The number of anilines is 1. The molecule has 6 heteroatoms. The summed E-state index contributed by atoms with van der Waals surface area (Å²) in [6.45, 7) is 0.447. The third kappa shape index (κ3) is 4.11. The van der Waals surface area contributed by atoms with E-state index in [9.17, 15) is 4.79 Å². The number of fused-ring (bicyclic) bond motifs is 1. The summed E-state index contributed by atoms with van der Waals surface area (Å²) in [5, 5.41) is 0. The molecule has 2 heterocycles. The summed E-state index contributed by atoms with van der Waals surface area (Å²) in [6.07, 6.45) is 1.64. The second kappa shape index (κ2) is 9.04. The molecular weight excluding hydrogens is 416 g/mol. The minimum Gasteiger partial charge on any atom is -0.481 e. The molecule has 1 aliphatic heterocycles. The van der Waals surface area contributed by atoms with Gasteiger partial charge in [0.25, 0.3) is 5.91 Å². The molecule has 3 aromatic carbocycles. The van der Waals surface area contributed by atoms with Crippen molar-refractivity contribution >= 4 is 11.6 Å². The second-order valence-corrected chi connectivity index (χ2v) is 7.51. The predicted molar refractivity (Wildman–Crippen MR) is 126 cm³/mol. The molecule has 0 spiro atoms. The Kier molecular flexibility index (Phi) is 5.64. The van der Waals surface area contributed by atoms with Gasteiger partial charge in [0.1, 0.15) is 0 Å². The van der Waals surface area contributed by atoms with Gasteiger partial charge in [0.15, 0.2) is 11.5 Å². The second-order valence-electron chi connectivity index (χ2n) is 7.51. The summed E-state index contributed by atoms with van der Waals surface area (Å²) in [5.41, 5.74) is 4.26. The average Bonchev–Trinajstić information content (AvgIpc) is 3.37. The SMILES string of the molecule is COc1ccc(N(Cc2ccccc2-c2ccccc2)C(=O)c2cccc3c2OCO3)cn1. The molecule has 0 saturated heterocycles. The summed E-state index contributed by atoms with van der Waals surface area (Å²) < 4.78 is 16.3. The number of nitrogens with zero attached hydrogens (tertiary/aromatic N) is 2. The quantitative estimate of drug-likeness (QED) is 0.407. The molecule has 0 bridgehead atoms. The summed E-state index contributed by atoms with van der Waals surface area (Å²) in [6, 6.07) is 27.1. The van der Waals surface area contributed by atoms with E-state index >= 15 is 0 Å². The third-order valence-corrected chi connectivity index (χ3v) is 5.54. The lowest BCUT2D eigenvalue weighted by molar-refractivity contribution is 0.0980. The topological polar surface area (TPSA) is 60.9 Å². The van der Waals surface area contributed by atoms with Gasteiger partial charge < -0.3 is 19.1 Å². The molecule has 4 aromatic rings. The van der Waals surface area contributed by atoms with E-state index < -0.39 is 0 Å². The van der Waals surface area contributed by atoms with Crippen molar-refractivity contribution in [1.29, 1.82) is 0 Å². The molecular formula is C27H22N2O4. The minimum absolute atomic E-state index is 0.0978. The first-order valence-corrected chi connectivity index (χ1v) is 10.6. The molecule has 1 amide bonds. The Hall–Kier alpha value is -4.32. The van der Waals surface area contributed by atoms with Crippen molar-refractivity contribution in [2.45, 2.75) is 6.54 Å². The van der Waals surface area contributed by atoms with Gasteiger partial charge in [0.2, 0.25) is 12.7 Å². The van der Waals surface area contributed by atoms with Crippen LogP contribution in [-0.2, 0) is 6.54 Å². The van der Waals surface area contributed by atoms with Gasteiger partial charge >= 0.3 is 0 Å². The minimum atomic E-state index is -0.202. The Labute approximate surface area is 192 Å². The fourth-order valence-electron chi connectivity index (χ4n) is 3.91. The molecule has 0 atom stereocenters. The van der Waals surface area contributed by atoms with E-state index in [0.717, 1.165) is 16.7 Å². The Morgan fingerprint density at radius 3 is 2.55 bits per heavy atom. The van der Waals surface area contributed by atoms with Crippen LogP contribution in [0.25, 0.3) is 11.1 Å². The van der Waals surface area contributed by atoms with Gasteiger partial charge in [0.05, 0.1) is 31.1 Å². The highest BCUT2D eigenvalue weighted by molar-refractivity contribution is 6.08. The molecule has 0 radical (unpaired) electrons. The number of aromatic nitrogens is 1. The molecule has 5 rings (SSSR count). The number of pyridine rings is 1. The normalized spacial score (nSPS) is 11.8. The lowest BCUT2D eigenvalue weighted by Gasteiger charge is -2.25. The van der Waals surface area contributed by atoms with E-state index in [-0.39, 0.29) is 12.7 Å². The Bertz CT molecular complexity index is 1270. The molecule has 1 aliphatic rings. The predicted octanol–water partition coefficient (Wildman–Crippen LogP) is 5.33. The Balaban J connectivity index is 1.57. The lowest BCUT2D eigenvalue weighted by atomic mass is 9.99. The van der Waals surface area contributed by atoms with Gasteiger partial charge in [-0.3, -0.25) is 4.79 Å². The first-order chi connectivity index (χ1) is 16.2. The van der Waals surface area contributed by atoms with Crippen LogP contribution in [0.15, 0.2) is 91.1 Å². The van der Waals surface area contributed by atoms with E-state index in [1.807, 2.05) is 42.5 Å². The molecule has 33 heavy (non-hydrogen) atoms. The lowest BCUT2D eigenvalue weighted by Crippen LogP contribution is -2.31. The van der Waals surface area contributed by atoms with Crippen LogP contribution in [0, 0.1) is 0 Å². The van der Waals surface area contributed by atoms with Crippen LogP contribution in [-0.4, -0.2) is 24.8 Å². The number of methoxy groups -OCH3 is 1. The largest absolute Gasteiger partial charge is 0.481 e. The summed E-state index contributed by atoms with van der Waals surface area (Å²) in [7, 11) is 1.56. The average molecular weight is 438 g/mol. The maximum Gasteiger partial charge on any atom is 0.262 e. The zero-order valence-corrected chi connectivity index (χ0v) is 18.1. The van der Waals surface area contributed by atoms with Gasteiger partial charge in [-0.1, -0.05) is 60.7 Å². The smallest absolute Gasteiger partial charge is 0.262 e. The molecule has 0 N–H and O–H groups in total. The highest BCUT2D eigenvalue weighted by Crippen LogP contribution is 2.37. The molecule has 6 nitrogen and oxygen atoms in total. The van der Waals surface area contributed by atoms with Crippen LogP contribution in [0.2, 0.25) is 0 Å². The number of hydrogen-bond acceptors (Lipinski definition) is 5. The van der Waals surface area contributed by atoms with E-state index in [4.69, 9.17) is 14.2 Å². The molecule has 1 aromatic heterocycles. The molecule has 164 valence electrons. The Morgan fingerprint density at radius 2 is 1.76 bits per heavy atom. The molecule has 0 aliphatic carbocycles. The van der Waals surface area contributed by atoms with Crippen molar-refractivity contribution in [1.82, 2.24) is 4.98 Å². The molecule has 0 saturated carbocycles. The van der Waals surface area contributed by atoms with Crippen molar-refractivity contribution < 1.29 is 19.0 Å². The highest BCUT2D eigenvalue weighted by Gasteiger charge is 2.27. The number of benzene rings is 3. The number of amides is 1. The third-order valence-electron chi connectivity index (χ3n) is 5.54. The van der Waals surface area contributed by atoms with Crippen molar-refractivity contribution in [2.75, 3.05) is 18.8 Å². The number of carbonyl (C=O) groups is 1. The first kappa shape index (κ1) is 20.6. The summed E-state index contributed by atoms with van der Waals surface area (Å²) >= 11 is 0. The highest BCUT2D eigenvalue weighted by atomic mass is 16.7.